The Kier molecular flexibility index (Phi) is 22.6. The standard InChI is InChI=1S/C65H106O32/c1-25-36(71)43(78)52(96-54-45(80)37(72)28(70)22-86-54)58(88-25)95-51-40(75)30(20-67)90-57(49(51)84)94-50-31(21-68)91-55(48(83)44(50)79)93-35-11-12-61(4)33(62(35,5)24-69)10-13-64(7)34(61)9-8-26-27-18-60(2,3)14-16-65(27,17-15-63(26,64)6)59(85)97-56-47(82)42(77)39(74)32(92-56)23-87-53-46(81)41(76)38(73)29(19-66)89-53/h8,25,27-58,66-84H,9-24H2,1-7H3. The van der Waals surface area contributed by atoms with Crippen LogP contribution in [0, 0.1) is 50.2 Å². The van der Waals surface area contributed by atoms with E-state index >= 15 is 4.79 Å². The fourth-order valence-corrected chi connectivity index (χ4v) is 19.1. The van der Waals surface area contributed by atoms with Gasteiger partial charge in [0, 0.05) is 5.41 Å². The average Bonchev–Trinajstić information content (AvgIpc) is 0.675. The van der Waals surface area contributed by atoms with Crippen LogP contribution in [0.2, 0.25) is 0 Å². The first-order valence-electron chi connectivity index (χ1n) is 34.3. The van der Waals surface area contributed by atoms with Gasteiger partial charge >= 0.3 is 5.97 Å². The Morgan fingerprint density at radius 1 is 0.495 bits per heavy atom. The first-order valence-corrected chi connectivity index (χ1v) is 34.3. The summed E-state index contributed by atoms with van der Waals surface area (Å²) in [5.74, 6) is -1.08. The summed E-state index contributed by atoms with van der Waals surface area (Å²) in [5, 5.41) is 207. The third kappa shape index (κ3) is 13.2. The number of esters is 1. The number of aliphatic hydroxyl groups is 19. The van der Waals surface area contributed by atoms with E-state index in [0.717, 1.165) is 5.57 Å². The molecule has 0 aromatic rings. The fraction of sp³-hybridized carbons (Fsp3) is 0.954. The molecule has 32 heteroatoms. The van der Waals surface area contributed by atoms with E-state index in [9.17, 15) is 97.0 Å². The molecular formula is C65H106O32. The molecule has 0 aromatic carbocycles. The molecule has 32 nitrogen and oxygen atoms in total. The highest BCUT2D eigenvalue weighted by Crippen LogP contribution is 2.76. The van der Waals surface area contributed by atoms with Crippen LogP contribution in [0.3, 0.4) is 0 Å². The Bertz CT molecular complexity index is 2710. The SMILES string of the molecule is CC1OC(OC2C(O)C(CO)OC(OC3C(CO)OC(OC4CCC5(C)C(CCC6(C)C5CC=C5C7CC(C)(C)CCC7(C(=O)OC7OC(COC8OC(CO)C(O)C(O)C8O)C(O)C(O)C7O)CCC56C)C4(C)CO)C(O)C3O)C2O)C(OC2OCC(O)C(O)C2O)C(O)C1O. The Morgan fingerprint density at radius 3 is 1.72 bits per heavy atom. The lowest BCUT2D eigenvalue weighted by Gasteiger charge is -2.71. The maximum Gasteiger partial charge on any atom is 0.315 e. The summed E-state index contributed by atoms with van der Waals surface area (Å²) in [4.78, 5) is 15.2. The van der Waals surface area contributed by atoms with Crippen molar-refractivity contribution in [3.63, 3.8) is 0 Å². The van der Waals surface area contributed by atoms with Gasteiger partial charge in [0.05, 0.1) is 57.3 Å². The summed E-state index contributed by atoms with van der Waals surface area (Å²) in [6, 6.07) is 0. The molecule has 11 aliphatic rings. The third-order valence-electron chi connectivity index (χ3n) is 25.3. The van der Waals surface area contributed by atoms with E-state index in [-0.39, 0.29) is 35.2 Å². The van der Waals surface area contributed by atoms with E-state index in [4.69, 9.17) is 56.8 Å². The highest BCUT2D eigenvalue weighted by Gasteiger charge is 2.71. The van der Waals surface area contributed by atoms with Crippen LogP contribution >= 0.6 is 0 Å². The molecule has 11 rings (SSSR count). The minimum absolute atomic E-state index is 0.0455. The Hall–Kier alpha value is -1.99. The molecule has 38 atom stereocenters. The molecule has 0 bridgehead atoms. The van der Waals surface area contributed by atoms with Gasteiger partial charge in [-0.25, -0.2) is 0 Å². The van der Waals surface area contributed by atoms with E-state index in [0.29, 0.717) is 64.2 Å². The molecule has 0 radical (unpaired) electrons. The minimum atomic E-state index is -2.05. The number of aliphatic hydroxyl groups excluding tert-OH is 19. The van der Waals surface area contributed by atoms with Crippen molar-refractivity contribution in [2.24, 2.45) is 50.2 Å². The zero-order valence-corrected chi connectivity index (χ0v) is 55.7. The average molecular weight is 1400 g/mol. The fourth-order valence-electron chi connectivity index (χ4n) is 19.1. The van der Waals surface area contributed by atoms with E-state index < -0.39 is 245 Å². The molecular weight excluding hydrogens is 1290 g/mol. The van der Waals surface area contributed by atoms with E-state index in [2.05, 4.69) is 40.7 Å². The molecule has 6 saturated heterocycles. The van der Waals surface area contributed by atoms with Gasteiger partial charge in [-0.05, 0) is 111 Å². The van der Waals surface area contributed by atoms with Crippen molar-refractivity contribution < 1.29 is 159 Å². The first kappa shape index (κ1) is 76.1. The van der Waals surface area contributed by atoms with Crippen molar-refractivity contribution in [1.29, 1.82) is 0 Å². The maximum absolute atomic E-state index is 15.2. The quantitative estimate of drug-likeness (QED) is 0.0366. The van der Waals surface area contributed by atoms with Gasteiger partial charge in [-0.2, -0.15) is 0 Å². The maximum atomic E-state index is 15.2. The summed E-state index contributed by atoms with van der Waals surface area (Å²) in [6.45, 7) is 10.6. The highest BCUT2D eigenvalue weighted by molar-refractivity contribution is 5.79. The van der Waals surface area contributed by atoms with Gasteiger partial charge in [0.2, 0.25) is 6.29 Å². The van der Waals surface area contributed by atoms with Crippen LogP contribution in [-0.4, -0.2) is 327 Å². The number of carbonyl (C=O) groups is 1. The summed E-state index contributed by atoms with van der Waals surface area (Å²) in [5.41, 5.74) is -2.35. The lowest BCUT2D eigenvalue weighted by molar-refractivity contribution is -0.393. The number of ether oxygens (including phenoxy) is 12. The van der Waals surface area contributed by atoms with Gasteiger partial charge in [-0.3, -0.25) is 4.79 Å². The molecule has 558 valence electrons. The van der Waals surface area contributed by atoms with Crippen molar-refractivity contribution in [3.8, 4) is 0 Å². The highest BCUT2D eigenvalue weighted by atomic mass is 16.8. The number of hydrogen-bond acceptors (Lipinski definition) is 32. The number of allylic oxidation sites excluding steroid dienone is 2. The summed E-state index contributed by atoms with van der Waals surface area (Å²) in [7, 11) is 0. The molecule has 5 aliphatic carbocycles. The first-order chi connectivity index (χ1) is 45.6. The van der Waals surface area contributed by atoms with E-state index in [1.807, 2.05) is 6.92 Å². The van der Waals surface area contributed by atoms with Crippen LogP contribution in [0.15, 0.2) is 11.6 Å². The van der Waals surface area contributed by atoms with Gasteiger partial charge in [0.15, 0.2) is 31.5 Å². The van der Waals surface area contributed by atoms with E-state index in [1.54, 1.807) is 0 Å². The second kappa shape index (κ2) is 28.8. The van der Waals surface area contributed by atoms with Crippen LogP contribution in [-0.2, 0) is 61.6 Å². The molecule has 19 N–H and O–H groups in total. The zero-order chi connectivity index (χ0) is 70.7. The van der Waals surface area contributed by atoms with E-state index in [1.165, 1.54) is 6.92 Å². The third-order valence-corrected chi connectivity index (χ3v) is 25.3. The van der Waals surface area contributed by atoms with Gasteiger partial charge in [-0.15, -0.1) is 0 Å². The second-order valence-corrected chi connectivity index (χ2v) is 31.3. The van der Waals surface area contributed by atoms with Gasteiger partial charge in [0.1, 0.15) is 134 Å². The number of rotatable bonds is 17. The summed E-state index contributed by atoms with van der Waals surface area (Å²) < 4.78 is 70.9. The second-order valence-electron chi connectivity index (χ2n) is 31.3. The molecule has 0 aromatic heterocycles. The van der Waals surface area contributed by atoms with Gasteiger partial charge in [0.25, 0.3) is 0 Å². The number of fused-ring (bicyclic) bond motifs is 7. The monoisotopic (exact) mass is 1400 g/mol. The lowest BCUT2D eigenvalue weighted by atomic mass is 9.33. The predicted molar refractivity (Wildman–Crippen MR) is 322 cm³/mol. The van der Waals surface area contributed by atoms with Crippen molar-refractivity contribution >= 4 is 5.97 Å². The predicted octanol–water partition coefficient (Wildman–Crippen LogP) is -5.75. The van der Waals surface area contributed by atoms with Gasteiger partial charge in [-0.1, -0.05) is 53.2 Å². The van der Waals surface area contributed by atoms with Crippen LogP contribution in [0.1, 0.15) is 113 Å². The number of hydrogen-bond donors (Lipinski definition) is 19. The van der Waals surface area contributed by atoms with Crippen LogP contribution in [0.4, 0.5) is 0 Å². The lowest BCUT2D eigenvalue weighted by Crippen LogP contribution is -2.68. The number of carbonyl (C=O) groups excluding carboxylic acids is 1. The van der Waals surface area contributed by atoms with Crippen molar-refractivity contribution in [2.75, 3.05) is 39.6 Å². The normalized spacial score (nSPS) is 54.7. The molecule has 6 heterocycles. The topological polar surface area (TPSA) is 512 Å². The summed E-state index contributed by atoms with van der Waals surface area (Å²) >= 11 is 0. The van der Waals surface area contributed by atoms with Crippen molar-refractivity contribution in [1.82, 2.24) is 0 Å². The van der Waals surface area contributed by atoms with Crippen LogP contribution in [0.5, 0.6) is 0 Å². The molecule has 4 saturated carbocycles. The largest absolute Gasteiger partial charge is 0.432 e. The van der Waals surface area contributed by atoms with Crippen molar-refractivity contribution in [3.05, 3.63) is 11.6 Å². The molecule has 97 heavy (non-hydrogen) atoms. The zero-order valence-electron chi connectivity index (χ0n) is 55.7. The molecule has 38 unspecified atom stereocenters. The smallest absolute Gasteiger partial charge is 0.315 e. The molecule has 10 fully saturated rings. The molecule has 0 spiro atoms. The Balaban J connectivity index is 0.765. The van der Waals surface area contributed by atoms with Gasteiger partial charge < -0.3 is 154 Å². The molecule has 0 amide bonds. The van der Waals surface area contributed by atoms with Crippen LogP contribution < -0.4 is 0 Å². The minimum Gasteiger partial charge on any atom is -0.432 e. The Labute approximate surface area is 561 Å². The summed E-state index contributed by atoms with van der Waals surface area (Å²) in [6.07, 6.45) is -42.5. The van der Waals surface area contributed by atoms with Crippen molar-refractivity contribution in [2.45, 2.75) is 297 Å². The Morgan fingerprint density at radius 2 is 1.05 bits per heavy atom. The van der Waals surface area contributed by atoms with Crippen LogP contribution in [0.25, 0.3) is 0 Å². The molecule has 6 aliphatic heterocycles.